The number of carbonyl (C=O) groups is 2. The van der Waals surface area contributed by atoms with E-state index in [4.69, 9.17) is 9.15 Å². The summed E-state index contributed by atoms with van der Waals surface area (Å²) in [7, 11) is 0. The molecule has 2 amide bonds. The first-order chi connectivity index (χ1) is 14.9. The highest BCUT2D eigenvalue weighted by Crippen LogP contribution is 2.19. The van der Waals surface area contributed by atoms with Gasteiger partial charge in [-0.05, 0) is 65.5 Å². The maximum Gasteiger partial charge on any atom is 0.257 e. The highest BCUT2D eigenvalue weighted by Gasteiger charge is 2.26. The molecule has 2 aliphatic heterocycles. The largest absolute Gasteiger partial charge is 0.466 e. The molecule has 0 bridgehead atoms. The predicted molar refractivity (Wildman–Crippen MR) is 120 cm³/mol. The zero-order valence-corrected chi connectivity index (χ0v) is 19.5. The molecule has 2 saturated heterocycles. The first-order valence-electron chi connectivity index (χ1n) is 11.9. The van der Waals surface area contributed by atoms with Crippen LogP contribution in [0, 0.1) is 13.8 Å². The van der Waals surface area contributed by atoms with E-state index in [1.165, 1.54) is 25.8 Å². The van der Waals surface area contributed by atoms with Gasteiger partial charge in [0.05, 0.1) is 11.7 Å². The molecule has 2 fully saturated rings. The van der Waals surface area contributed by atoms with Crippen LogP contribution in [-0.4, -0.2) is 73.1 Å². The van der Waals surface area contributed by atoms with Crippen molar-refractivity contribution in [1.82, 2.24) is 15.1 Å². The second-order valence-corrected chi connectivity index (χ2v) is 9.05. The van der Waals surface area contributed by atoms with E-state index in [-0.39, 0.29) is 17.9 Å². The van der Waals surface area contributed by atoms with Gasteiger partial charge in [-0.3, -0.25) is 9.59 Å². The molecule has 3 rings (SSSR count). The molecule has 7 heteroatoms. The fourth-order valence-electron chi connectivity index (χ4n) is 4.65. The number of furan rings is 1. The van der Waals surface area contributed by atoms with Gasteiger partial charge in [-0.1, -0.05) is 6.42 Å². The summed E-state index contributed by atoms with van der Waals surface area (Å²) in [6, 6.07) is 2.43. The van der Waals surface area contributed by atoms with E-state index in [0.29, 0.717) is 43.4 Å². The van der Waals surface area contributed by atoms with Crippen molar-refractivity contribution in [3.05, 3.63) is 23.2 Å². The van der Waals surface area contributed by atoms with Crippen LogP contribution in [0.15, 0.2) is 10.5 Å². The summed E-state index contributed by atoms with van der Waals surface area (Å²) in [6.07, 6.45) is 7.16. The lowest BCUT2D eigenvalue weighted by atomic mass is 10.0. The van der Waals surface area contributed by atoms with Crippen LogP contribution >= 0.6 is 0 Å². The Hall–Kier alpha value is -1.86. The van der Waals surface area contributed by atoms with Gasteiger partial charge < -0.3 is 24.3 Å². The molecule has 0 saturated carbocycles. The average Bonchev–Trinajstić information content (AvgIpc) is 3.38. The van der Waals surface area contributed by atoms with Crippen molar-refractivity contribution >= 4 is 11.8 Å². The Labute approximate surface area is 186 Å². The van der Waals surface area contributed by atoms with Crippen LogP contribution in [0.5, 0.6) is 0 Å². The van der Waals surface area contributed by atoms with Gasteiger partial charge in [-0.2, -0.15) is 0 Å². The molecule has 0 aliphatic carbocycles. The van der Waals surface area contributed by atoms with E-state index in [0.717, 1.165) is 38.2 Å². The lowest BCUT2D eigenvalue weighted by Gasteiger charge is -2.33. The van der Waals surface area contributed by atoms with Crippen molar-refractivity contribution in [1.29, 1.82) is 0 Å². The van der Waals surface area contributed by atoms with Crippen molar-refractivity contribution in [2.45, 2.75) is 77.9 Å². The third kappa shape index (κ3) is 7.07. The molecule has 1 aromatic heterocycles. The van der Waals surface area contributed by atoms with E-state index in [1.807, 2.05) is 6.92 Å². The number of rotatable bonds is 10. The first-order valence-corrected chi connectivity index (χ1v) is 11.9. The minimum absolute atomic E-state index is 0.00284. The van der Waals surface area contributed by atoms with Gasteiger partial charge in [0.2, 0.25) is 5.91 Å². The summed E-state index contributed by atoms with van der Waals surface area (Å²) in [4.78, 5) is 29.8. The molecular formula is C24H39N3O4. The zero-order chi connectivity index (χ0) is 22.2. The number of amides is 2. The van der Waals surface area contributed by atoms with Crippen LogP contribution in [0.4, 0.5) is 0 Å². The molecule has 31 heavy (non-hydrogen) atoms. The third-order valence-electron chi connectivity index (χ3n) is 6.50. The van der Waals surface area contributed by atoms with Crippen molar-refractivity contribution in [2.75, 3.05) is 39.3 Å². The second-order valence-electron chi connectivity index (χ2n) is 9.05. The molecule has 1 aromatic rings. The highest BCUT2D eigenvalue weighted by atomic mass is 16.5. The highest BCUT2D eigenvalue weighted by molar-refractivity contribution is 5.95. The quantitative estimate of drug-likeness (QED) is 0.573. The standard InChI is InChI=1S/C24H39N3O4/c1-18-8-4-5-12-26(18)13-7-11-25-23(28)10-14-27(17-21-9-6-15-30-21)24(29)22-16-19(2)31-20(22)3/h16,18,21H,4-15,17H2,1-3H3,(H,25,28). The van der Waals surface area contributed by atoms with Gasteiger partial charge in [0.25, 0.3) is 5.91 Å². The Bertz CT molecular complexity index is 726. The Kier molecular flexibility index (Phi) is 8.96. The van der Waals surface area contributed by atoms with Gasteiger partial charge in [0, 0.05) is 45.2 Å². The summed E-state index contributed by atoms with van der Waals surface area (Å²) in [5, 5.41) is 3.03. The maximum atomic E-state index is 13.1. The molecule has 3 heterocycles. The van der Waals surface area contributed by atoms with Crippen LogP contribution in [0.1, 0.15) is 73.7 Å². The lowest BCUT2D eigenvalue weighted by molar-refractivity contribution is -0.121. The number of piperidine rings is 1. The van der Waals surface area contributed by atoms with Gasteiger partial charge >= 0.3 is 0 Å². The number of aryl methyl sites for hydroxylation is 2. The molecule has 7 nitrogen and oxygen atoms in total. The topological polar surface area (TPSA) is 75.0 Å². The molecule has 1 N–H and O–H groups in total. The molecule has 2 unspecified atom stereocenters. The fraction of sp³-hybridized carbons (Fsp3) is 0.750. The molecule has 0 radical (unpaired) electrons. The van der Waals surface area contributed by atoms with Gasteiger partial charge in [0.1, 0.15) is 11.5 Å². The summed E-state index contributed by atoms with van der Waals surface area (Å²) in [5.74, 6) is 1.25. The Morgan fingerprint density at radius 2 is 2.06 bits per heavy atom. The fourth-order valence-corrected chi connectivity index (χ4v) is 4.65. The predicted octanol–water partition coefficient (Wildman–Crippen LogP) is 3.29. The Morgan fingerprint density at radius 3 is 2.74 bits per heavy atom. The summed E-state index contributed by atoms with van der Waals surface area (Å²) >= 11 is 0. The normalized spacial score (nSPS) is 21.9. The summed E-state index contributed by atoms with van der Waals surface area (Å²) in [6.45, 7) is 10.5. The number of hydrogen-bond donors (Lipinski definition) is 1. The monoisotopic (exact) mass is 433 g/mol. The lowest BCUT2D eigenvalue weighted by Crippen LogP contribution is -2.41. The van der Waals surface area contributed by atoms with Crippen molar-refractivity contribution in [3.63, 3.8) is 0 Å². The summed E-state index contributed by atoms with van der Waals surface area (Å²) in [5.41, 5.74) is 0.576. The molecule has 2 aliphatic rings. The third-order valence-corrected chi connectivity index (χ3v) is 6.50. The van der Waals surface area contributed by atoms with E-state index < -0.39 is 0 Å². The number of nitrogens with zero attached hydrogens (tertiary/aromatic N) is 2. The number of ether oxygens (including phenoxy) is 1. The van der Waals surface area contributed by atoms with Crippen molar-refractivity contribution in [3.8, 4) is 0 Å². The number of likely N-dealkylation sites (tertiary alicyclic amines) is 1. The van der Waals surface area contributed by atoms with E-state index in [2.05, 4.69) is 17.1 Å². The van der Waals surface area contributed by atoms with Crippen molar-refractivity contribution in [2.24, 2.45) is 0 Å². The SMILES string of the molecule is Cc1cc(C(=O)N(CCC(=O)NCCCN2CCCCC2C)CC2CCCO2)c(C)o1. The van der Waals surface area contributed by atoms with Gasteiger partial charge in [0.15, 0.2) is 0 Å². The number of carbonyl (C=O) groups excluding carboxylic acids is 2. The van der Waals surface area contributed by atoms with Gasteiger partial charge in [-0.15, -0.1) is 0 Å². The minimum Gasteiger partial charge on any atom is -0.466 e. The second kappa shape index (κ2) is 11.7. The van der Waals surface area contributed by atoms with Crippen LogP contribution in [0.25, 0.3) is 0 Å². The van der Waals surface area contributed by atoms with E-state index >= 15 is 0 Å². The average molecular weight is 434 g/mol. The van der Waals surface area contributed by atoms with Crippen LogP contribution in [0.3, 0.4) is 0 Å². The summed E-state index contributed by atoms with van der Waals surface area (Å²) < 4.78 is 11.3. The van der Waals surface area contributed by atoms with Crippen LogP contribution in [0.2, 0.25) is 0 Å². The number of hydrogen-bond acceptors (Lipinski definition) is 5. The first kappa shape index (κ1) is 23.8. The van der Waals surface area contributed by atoms with Crippen LogP contribution < -0.4 is 5.32 Å². The van der Waals surface area contributed by atoms with Crippen LogP contribution in [-0.2, 0) is 9.53 Å². The molecule has 2 atom stereocenters. The Morgan fingerprint density at radius 1 is 1.23 bits per heavy atom. The molecule has 0 spiro atoms. The smallest absolute Gasteiger partial charge is 0.257 e. The van der Waals surface area contributed by atoms with Crippen molar-refractivity contribution < 1.29 is 18.7 Å². The molecule has 0 aromatic carbocycles. The molecule has 174 valence electrons. The molecular weight excluding hydrogens is 394 g/mol. The number of nitrogens with one attached hydrogen (secondary N) is 1. The Balaban J connectivity index is 1.45. The van der Waals surface area contributed by atoms with E-state index in [1.54, 1.807) is 17.9 Å². The van der Waals surface area contributed by atoms with E-state index in [9.17, 15) is 9.59 Å². The zero-order valence-electron chi connectivity index (χ0n) is 19.5. The minimum atomic E-state index is -0.0864. The maximum absolute atomic E-state index is 13.1. The van der Waals surface area contributed by atoms with Gasteiger partial charge in [-0.25, -0.2) is 0 Å².